The average molecular weight is 256 g/mol. The molecule has 0 fully saturated rings. The lowest BCUT2D eigenvalue weighted by Crippen LogP contribution is -2.39. The normalized spacial score (nSPS) is 23.4. The predicted octanol–water partition coefficient (Wildman–Crippen LogP) is 2.20. The number of carbonyl (C=O) groups is 1. The number of fused-ring (bicyclic) bond motifs is 1. The van der Waals surface area contributed by atoms with Crippen LogP contribution in [0.4, 0.5) is 5.69 Å². The zero-order chi connectivity index (χ0) is 12.4. The third-order valence-corrected chi connectivity index (χ3v) is 2.91. The van der Waals surface area contributed by atoms with Gasteiger partial charge in [0.15, 0.2) is 6.10 Å². The quantitative estimate of drug-likeness (QED) is 0.852. The number of halogens is 1. The second kappa shape index (κ2) is 4.94. The first kappa shape index (κ1) is 12.2. The van der Waals surface area contributed by atoms with Crippen molar-refractivity contribution in [2.75, 3.05) is 5.32 Å². The van der Waals surface area contributed by atoms with Gasteiger partial charge in [0.1, 0.15) is 11.9 Å². The maximum absolute atomic E-state index is 11.7. The van der Waals surface area contributed by atoms with Gasteiger partial charge in [-0.25, -0.2) is 0 Å². The third-order valence-electron chi connectivity index (χ3n) is 2.67. The van der Waals surface area contributed by atoms with Crippen LogP contribution in [-0.4, -0.2) is 23.2 Å². The van der Waals surface area contributed by atoms with E-state index in [1.165, 1.54) is 0 Å². The maximum Gasteiger partial charge on any atom is 0.257 e. The maximum atomic E-state index is 11.7. The van der Waals surface area contributed by atoms with Gasteiger partial charge < -0.3 is 15.2 Å². The van der Waals surface area contributed by atoms with Crippen molar-refractivity contribution in [1.29, 1.82) is 0 Å². The van der Waals surface area contributed by atoms with E-state index in [0.29, 0.717) is 22.9 Å². The smallest absolute Gasteiger partial charge is 0.257 e. The Bertz CT molecular complexity index is 436. The lowest BCUT2D eigenvalue weighted by atomic mass is 10.1. The summed E-state index contributed by atoms with van der Waals surface area (Å²) in [6.07, 6.45) is -0.210. The van der Waals surface area contributed by atoms with Crippen LogP contribution >= 0.6 is 11.6 Å². The largest absolute Gasteiger partial charge is 0.485 e. The summed E-state index contributed by atoms with van der Waals surface area (Å²) in [6, 6.07) is 4.99. The summed E-state index contributed by atoms with van der Waals surface area (Å²) >= 11 is 5.84. The SMILES string of the molecule is CCC[C@H]1Oc2ccc(Cl)cc2NC(=O)[C@@H]1O. The number of hydrogen-bond donors (Lipinski definition) is 2. The van der Waals surface area contributed by atoms with Gasteiger partial charge in [0, 0.05) is 5.02 Å². The number of aliphatic hydroxyl groups excluding tert-OH is 1. The highest BCUT2D eigenvalue weighted by molar-refractivity contribution is 6.31. The molecule has 0 saturated carbocycles. The molecular formula is C12H14ClNO3. The fourth-order valence-corrected chi connectivity index (χ4v) is 1.98. The number of anilines is 1. The van der Waals surface area contributed by atoms with E-state index >= 15 is 0 Å². The van der Waals surface area contributed by atoms with Crippen LogP contribution in [0.15, 0.2) is 18.2 Å². The van der Waals surface area contributed by atoms with Crippen molar-refractivity contribution in [3.63, 3.8) is 0 Å². The molecule has 2 atom stereocenters. The summed E-state index contributed by atoms with van der Waals surface area (Å²) < 4.78 is 5.64. The molecule has 0 bridgehead atoms. The van der Waals surface area contributed by atoms with Crippen LogP contribution in [0, 0.1) is 0 Å². The highest BCUT2D eigenvalue weighted by Crippen LogP contribution is 2.32. The minimum absolute atomic E-state index is 0.454. The molecule has 0 spiro atoms. The first-order valence-corrected chi connectivity index (χ1v) is 5.94. The van der Waals surface area contributed by atoms with Gasteiger partial charge in [-0.3, -0.25) is 4.79 Å². The third kappa shape index (κ3) is 2.53. The van der Waals surface area contributed by atoms with Crippen LogP contribution in [0.5, 0.6) is 5.75 Å². The predicted molar refractivity (Wildman–Crippen MR) is 65.4 cm³/mol. The summed E-state index contributed by atoms with van der Waals surface area (Å²) in [4.78, 5) is 11.7. The molecule has 0 radical (unpaired) electrons. The molecule has 1 aromatic carbocycles. The molecule has 2 rings (SSSR count). The van der Waals surface area contributed by atoms with E-state index in [9.17, 15) is 9.90 Å². The van der Waals surface area contributed by atoms with Crippen LogP contribution in [0.3, 0.4) is 0 Å². The van der Waals surface area contributed by atoms with E-state index in [1.807, 2.05) is 6.92 Å². The second-order valence-electron chi connectivity index (χ2n) is 4.02. The highest BCUT2D eigenvalue weighted by atomic mass is 35.5. The van der Waals surface area contributed by atoms with Gasteiger partial charge in [-0.2, -0.15) is 0 Å². The average Bonchev–Trinajstić information content (AvgIpc) is 2.40. The van der Waals surface area contributed by atoms with E-state index in [0.717, 1.165) is 6.42 Å². The molecule has 17 heavy (non-hydrogen) atoms. The van der Waals surface area contributed by atoms with Crippen molar-refractivity contribution in [3.8, 4) is 5.75 Å². The van der Waals surface area contributed by atoms with Crippen molar-refractivity contribution in [2.24, 2.45) is 0 Å². The highest BCUT2D eigenvalue weighted by Gasteiger charge is 2.31. The first-order chi connectivity index (χ1) is 8.11. The van der Waals surface area contributed by atoms with Crippen LogP contribution in [-0.2, 0) is 4.79 Å². The molecule has 5 heteroatoms. The Morgan fingerprint density at radius 3 is 3.00 bits per heavy atom. The number of ether oxygens (including phenoxy) is 1. The zero-order valence-electron chi connectivity index (χ0n) is 9.44. The summed E-state index contributed by atoms with van der Waals surface area (Å²) in [6.45, 7) is 1.97. The van der Waals surface area contributed by atoms with Crippen LogP contribution in [0.1, 0.15) is 19.8 Å². The molecular weight excluding hydrogens is 242 g/mol. The number of aliphatic hydroxyl groups is 1. The Labute approximate surface area is 105 Å². The molecule has 0 aliphatic carbocycles. The molecule has 0 unspecified atom stereocenters. The van der Waals surface area contributed by atoms with E-state index < -0.39 is 18.1 Å². The Morgan fingerprint density at radius 2 is 2.29 bits per heavy atom. The lowest BCUT2D eigenvalue weighted by Gasteiger charge is -2.19. The molecule has 1 heterocycles. The minimum Gasteiger partial charge on any atom is -0.485 e. The van der Waals surface area contributed by atoms with Gasteiger partial charge in [-0.15, -0.1) is 0 Å². The van der Waals surface area contributed by atoms with E-state index in [2.05, 4.69) is 5.32 Å². The topological polar surface area (TPSA) is 58.6 Å². The lowest BCUT2D eigenvalue weighted by molar-refractivity contribution is -0.128. The monoisotopic (exact) mass is 255 g/mol. The molecule has 1 aliphatic rings. The van der Waals surface area contributed by atoms with Gasteiger partial charge in [-0.05, 0) is 24.6 Å². The number of carbonyl (C=O) groups excluding carboxylic acids is 1. The van der Waals surface area contributed by atoms with Gasteiger partial charge >= 0.3 is 0 Å². The van der Waals surface area contributed by atoms with Crippen LogP contribution in [0.25, 0.3) is 0 Å². The van der Waals surface area contributed by atoms with Crippen molar-refractivity contribution in [2.45, 2.75) is 32.0 Å². The van der Waals surface area contributed by atoms with Crippen molar-refractivity contribution < 1.29 is 14.6 Å². The Kier molecular flexibility index (Phi) is 3.54. The summed E-state index contributed by atoms with van der Waals surface area (Å²) in [5.74, 6) is 0.0854. The van der Waals surface area contributed by atoms with E-state index in [1.54, 1.807) is 18.2 Å². The van der Waals surface area contributed by atoms with Gasteiger partial charge in [-0.1, -0.05) is 24.9 Å². The molecule has 2 N–H and O–H groups in total. The summed E-state index contributed by atoms with van der Waals surface area (Å²) in [7, 11) is 0. The minimum atomic E-state index is -1.15. The summed E-state index contributed by atoms with van der Waals surface area (Å²) in [5.41, 5.74) is 0.500. The zero-order valence-corrected chi connectivity index (χ0v) is 10.2. The fraction of sp³-hybridized carbons (Fsp3) is 0.417. The van der Waals surface area contributed by atoms with Gasteiger partial charge in [0.05, 0.1) is 5.69 Å². The van der Waals surface area contributed by atoms with Crippen molar-refractivity contribution in [3.05, 3.63) is 23.2 Å². The molecule has 92 valence electrons. The summed E-state index contributed by atoms with van der Waals surface area (Å²) in [5, 5.41) is 12.9. The number of benzene rings is 1. The number of amides is 1. The molecule has 1 amide bonds. The molecule has 1 aliphatic heterocycles. The van der Waals surface area contributed by atoms with Crippen LogP contribution in [0.2, 0.25) is 5.02 Å². The Hall–Kier alpha value is -1.26. The molecule has 4 nitrogen and oxygen atoms in total. The number of rotatable bonds is 2. The van der Waals surface area contributed by atoms with Gasteiger partial charge in [0.2, 0.25) is 0 Å². The fourth-order valence-electron chi connectivity index (χ4n) is 1.81. The second-order valence-corrected chi connectivity index (χ2v) is 4.46. The number of hydrogen-bond acceptors (Lipinski definition) is 3. The van der Waals surface area contributed by atoms with E-state index in [4.69, 9.17) is 16.3 Å². The number of nitrogens with one attached hydrogen (secondary N) is 1. The van der Waals surface area contributed by atoms with Crippen LogP contribution < -0.4 is 10.1 Å². The Balaban J connectivity index is 2.34. The standard InChI is InChI=1S/C12H14ClNO3/c1-2-3-10-11(15)12(16)14-8-6-7(13)4-5-9(8)17-10/h4-6,10-11,15H,2-3H2,1H3,(H,14,16)/t10-,11-/m1/s1. The molecule has 0 aromatic heterocycles. The van der Waals surface area contributed by atoms with E-state index in [-0.39, 0.29) is 0 Å². The van der Waals surface area contributed by atoms with Crippen molar-refractivity contribution >= 4 is 23.2 Å². The van der Waals surface area contributed by atoms with Crippen molar-refractivity contribution in [1.82, 2.24) is 0 Å². The van der Waals surface area contributed by atoms with Gasteiger partial charge in [0.25, 0.3) is 5.91 Å². The Morgan fingerprint density at radius 1 is 1.53 bits per heavy atom. The molecule has 0 saturated heterocycles. The molecule has 1 aromatic rings. The first-order valence-electron chi connectivity index (χ1n) is 5.57.